The number of amides is 1. The zero-order valence-corrected chi connectivity index (χ0v) is 33.0. The maximum Gasteiger partial charge on any atom is 0.337 e. The van der Waals surface area contributed by atoms with E-state index in [0.29, 0.717) is 46.6 Å². The largest absolute Gasteiger partial charge is 0.464 e. The fourth-order valence-electron chi connectivity index (χ4n) is 5.86. The maximum absolute atomic E-state index is 15.5. The summed E-state index contributed by atoms with van der Waals surface area (Å²) in [5, 5.41) is 2.62. The molecular formula is C40H38F2N8O8S. The highest BCUT2D eigenvalue weighted by Crippen LogP contribution is 2.25. The van der Waals surface area contributed by atoms with Gasteiger partial charge in [0.05, 0.1) is 39.9 Å². The van der Waals surface area contributed by atoms with Crippen molar-refractivity contribution < 1.29 is 36.3 Å². The number of anilines is 1. The van der Waals surface area contributed by atoms with Crippen molar-refractivity contribution in [2.24, 2.45) is 13.0 Å². The number of carbonyl (C=O) groups is 2. The molecule has 0 fully saturated rings. The van der Waals surface area contributed by atoms with Crippen molar-refractivity contribution in [1.29, 1.82) is 0 Å². The first kappa shape index (κ1) is 41.9. The van der Waals surface area contributed by atoms with Crippen LogP contribution in [0.25, 0.3) is 27.8 Å². The van der Waals surface area contributed by atoms with Gasteiger partial charge in [0, 0.05) is 57.0 Å². The lowest BCUT2D eigenvalue weighted by molar-refractivity contribution is -0.146. The van der Waals surface area contributed by atoms with Gasteiger partial charge in [-0.25, -0.2) is 46.3 Å². The molecule has 0 aliphatic heterocycles. The van der Waals surface area contributed by atoms with Crippen LogP contribution in [0.5, 0.6) is 0 Å². The fourth-order valence-corrected chi connectivity index (χ4v) is 6.92. The molecule has 0 saturated heterocycles. The third kappa shape index (κ3) is 9.53. The van der Waals surface area contributed by atoms with Crippen LogP contribution >= 0.6 is 0 Å². The molecule has 19 heteroatoms. The van der Waals surface area contributed by atoms with Crippen LogP contribution < -0.4 is 21.3 Å². The number of nitrogens with one attached hydrogen (secondary N) is 2. The summed E-state index contributed by atoms with van der Waals surface area (Å²) >= 11 is 0. The minimum atomic E-state index is -4.43. The minimum Gasteiger partial charge on any atom is -0.464 e. The van der Waals surface area contributed by atoms with Crippen LogP contribution in [0.2, 0.25) is 0 Å². The van der Waals surface area contributed by atoms with E-state index in [1.165, 1.54) is 79.8 Å². The second-order valence-electron chi connectivity index (χ2n) is 13.7. The standard InChI is InChI=1S/C40H38F2N8O8S/c1-23(2)12-14-58-39(53)33(15-24-5-10-36(46-18-24)50-38(52)28-11-13-43-21-34(28)49(3)40(50)54)47-37(51)29-16-31(42)32(17-30(29)41)48-59(55,56)27-8-6-25(7-9-27)26-19-44-35(22-57-4)45-20-26/h5-11,13,16-21,23,33,48H,12,14-15,22H2,1-4H3,(H,47,51)/t33-/m0/s1. The number of esters is 1. The lowest BCUT2D eigenvalue weighted by Gasteiger charge is -2.19. The number of carbonyl (C=O) groups excluding carboxylic acids is 2. The first-order valence-corrected chi connectivity index (χ1v) is 19.6. The van der Waals surface area contributed by atoms with Gasteiger partial charge in [0.2, 0.25) is 0 Å². The number of methoxy groups -OCH3 is 1. The Labute approximate surface area is 336 Å². The van der Waals surface area contributed by atoms with Gasteiger partial charge < -0.3 is 14.8 Å². The van der Waals surface area contributed by atoms with Crippen molar-refractivity contribution in [3.63, 3.8) is 0 Å². The lowest BCUT2D eigenvalue weighted by atomic mass is 10.1. The number of fused-ring (bicyclic) bond motifs is 1. The summed E-state index contributed by atoms with van der Waals surface area (Å²) in [6.45, 7) is 4.07. The third-order valence-corrected chi connectivity index (χ3v) is 10.5. The van der Waals surface area contributed by atoms with E-state index in [2.05, 4.69) is 25.3 Å². The summed E-state index contributed by atoms with van der Waals surface area (Å²) in [5.74, 6) is -3.99. The predicted octanol–water partition coefficient (Wildman–Crippen LogP) is 4.09. The summed E-state index contributed by atoms with van der Waals surface area (Å²) in [4.78, 5) is 69.3. The van der Waals surface area contributed by atoms with Gasteiger partial charge in [0.15, 0.2) is 5.82 Å². The number of nitrogens with zero attached hydrogens (tertiary/aromatic N) is 6. The Bertz CT molecular complexity index is 2740. The number of halogens is 2. The molecule has 0 unspecified atom stereocenters. The predicted molar refractivity (Wildman–Crippen MR) is 211 cm³/mol. The second-order valence-corrected chi connectivity index (χ2v) is 15.4. The van der Waals surface area contributed by atoms with Gasteiger partial charge in [-0.15, -0.1) is 0 Å². The Balaban J connectivity index is 1.19. The van der Waals surface area contributed by atoms with E-state index in [1.807, 2.05) is 18.6 Å². The highest BCUT2D eigenvalue weighted by Gasteiger charge is 2.27. The van der Waals surface area contributed by atoms with Crippen molar-refractivity contribution >= 4 is 38.5 Å². The molecule has 0 bridgehead atoms. The van der Waals surface area contributed by atoms with Gasteiger partial charge >= 0.3 is 11.7 Å². The van der Waals surface area contributed by atoms with Gasteiger partial charge in [-0.2, -0.15) is 0 Å². The Morgan fingerprint density at radius 2 is 1.63 bits per heavy atom. The molecule has 59 heavy (non-hydrogen) atoms. The SMILES string of the molecule is COCc1ncc(-c2ccc(S(=O)(=O)Nc3cc(F)c(C(=O)N[C@@H](Cc4ccc(-n5c(=O)c6ccncc6n(C)c5=O)nc4)C(=O)OCCC(C)C)cc3F)cc2)cn1. The molecule has 2 aromatic carbocycles. The number of ether oxygens (including phenoxy) is 2. The molecule has 6 rings (SSSR count). The molecule has 4 aromatic heterocycles. The molecule has 16 nitrogen and oxygen atoms in total. The van der Waals surface area contributed by atoms with Gasteiger partial charge in [-0.3, -0.25) is 23.9 Å². The van der Waals surface area contributed by atoms with Crippen molar-refractivity contribution in [2.75, 3.05) is 18.4 Å². The lowest BCUT2D eigenvalue weighted by Crippen LogP contribution is -2.44. The van der Waals surface area contributed by atoms with E-state index in [1.54, 1.807) is 12.4 Å². The van der Waals surface area contributed by atoms with Gasteiger partial charge in [0.1, 0.15) is 30.1 Å². The molecule has 306 valence electrons. The van der Waals surface area contributed by atoms with Crippen molar-refractivity contribution in [3.8, 4) is 16.9 Å². The number of sulfonamides is 1. The Morgan fingerprint density at radius 1 is 0.898 bits per heavy atom. The van der Waals surface area contributed by atoms with Crippen LogP contribution in [0.1, 0.15) is 42.0 Å². The number of hydrogen-bond donors (Lipinski definition) is 2. The van der Waals surface area contributed by atoms with Crippen LogP contribution in [0.4, 0.5) is 14.5 Å². The normalized spacial score (nSPS) is 12.1. The molecule has 1 amide bonds. The smallest absolute Gasteiger partial charge is 0.337 e. The second kappa shape index (κ2) is 17.8. The maximum atomic E-state index is 15.5. The quantitative estimate of drug-likeness (QED) is 0.141. The van der Waals surface area contributed by atoms with E-state index in [0.717, 1.165) is 4.57 Å². The molecule has 0 aliphatic carbocycles. The van der Waals surface area contributed by atoms with Crippen LogP contribution in [0, 0.1) is 17.6 Å². The molecular weight excluding hydrogens is 791 g/mol. The molecule has 2 N–H and O–H groups in total. The van der Waals surface area contributed by atoms with E-state index in [9.17, 15) is 27.6 Å². The van der Waals surface area contributed by atoms with E-state index in [-0.39, 0.29) is 41.7 Å². The zero-order valence-electron chi connectivity index (χ0n) is 32.2. The van der Waals surface area contributed by atoms with Crippen molar-refractivity contribution in [3.05, 3.63) is 135 Å². The topological polar surface area (TPSA) is 206 Å². The highest BCUT2D eigenvalue weighted by atomic mass is 32.2. The monoisotopic (exact) mass is 828 g/mol. The Hall–Kier alpha value is -6.73. The fraction of sp³-hybridized carbons (Fsp3) is 0.250. The number of benzene rings is 2. The number of pyridine rings is 2. The summed E-state index contributed by atoms with van der Waals surface area (Å²) in [6.07, 6.45) is 7.48. The number of aromatic nitrogens is 6. The third-order valence-electron chi connectivity index (χ3n) is 9.10. The van der Waals surface area contributed by atoms with Gasteiger partial charge in [0.25, 0.3) is 21.5 Å². The summed E-state index contributed by atoms with van der Waals surface area (Å²) in [6, 6.07) is 9.46. The van der Waals surface area contributed by atoms with Crippen LogP contribution in [-0.2, 0) is 44.4 Å². The first-order valence-electron chi connectivity index (χ1n) is 18.1. The molecule has 1 atom stereocenters. The average molecular weight is 829 g/mol. The number of rotatable bonds is 15. The Kier molecular flexibility index (Phi) is 12.7. The molecule has 6 aromatic rings. The number of hydrogen-bond acceptors (Lipinski definition) is 12. The average Bonchev–Trinajstić information content (AvgIpc) is 3.21. The summed E-state index contributed by atoms with van der Waals surface area (Å²) < 4.78 is 71.7. The molecule has 0 aliphatic rings. The van der Waals surface area contributed by atoms with E-state index in [4.69, 9.17) is 9.47 Å². The van der Waals surface area contributed by atoms with E-state index >= 15 is 8.78 Å². The molecule has 0 radical (unpaired) electrons. The van der Waals surface area contributed by atoms with E-state index < -0.39 is 62.1 Å². The van der Waals surface area contributed by atoms with Crippen LogP contribution in [0.15, 0.2) is 100 Å². The summed E-state index contributed by atoms with van der Waals surface area (Å²) in [5.41, 5.74) is -0.993. The molecule has 0 saturated carbocycles. The van der Waals surface area contributed by atoms with Crippen molar-refractivity contribution in [2.45, 2.75) is 44.2 Å². The highest BCUT2D eigenvalue weighted by molar-refractivity contribution is 7.92. The first-order chi connectivity index (χ1) is 28.2. The Morgan fingerprint density at radius 3 is 2.29 bits per heavy atom. The molecule has 4 heterocycles. The van der Waals surface area contributed by atoms with Crippen molar-refractivity contribution in [1.82, 2.24) is 34.4 Å². The van der Waals surface area contributed by atoms with Gasteiger partial charge in [-0.1, -0.05) is 32.0 Å². The van der Waals surface area contributed by atoms with Gasteiger partial charge in [-0.05, 0) is 53.8 Å². The zero-order chi connectivity index (χ0) is 42.4. The van der Waals surface area contributed by atoms with Crippen LogP contribution in [-0.4, -0.2) is 69.1 Å². The summed E-state index contributed by atoms with van der Waals surface area (Å²) in [7, 11) is -1.44. The minimum absolute atomic E-state index is 0.0113. The number of aryl methyl sites for hydroxylation is 1. The van der Waals surface area contributed by atoms with Crippen LogP contribution in [0.3, 0.4) is 0 Å². The molecule has 0 spiro atoms.